The SMILES string of the molecule is CO[C@H]1CCC(=O)CO1. The first-order valence-corrected chi connectivity index (χ1v) is 2.99. The van der Waals surface area contributed by atoms with E-state index in [0.717, 1.165) is 0 Å². The molecule has 0 saturated carbocycles. The number of rotatable bonds is 1. The second-order valence-corrected chi connectivity index (χ2v) is 2.05. The standard InChI is InChI=1S/C6H10O3/c1-8-6-3-2-5(7)4-9-6/h6H,2-4H2,1H3/t6-/m1/s1. The Hall–Kier alpha value is -0.410. The molecule has 3 nitrogen and oxygen atoms in total. The predicted octanol–water partition coefficient (Wildman–Crippen LogP) is 0.338. The smallest absolute Gasteiger partial charge is 0.158 e. The fourth-order valence-electron chi connectivity index (χ4n) is 0.806. The van der Waals surface area contributed by atoms with Gasteiger partial charge < -0.3 is 9.47 Å². The number of hydrogen-bond acceptors (Lipinski definition) is 3. The second-order valence-electron chi connectivity index (χ2n) is 2.05. The molecule has 9 heavy (non-hydrogen) atoms. The van der Waals surface area contributed by atoms with Gasteiger partial charge in [-0.15, -0.1) is 0 Å². The fourth-order valence-corrected chi connectivity index (χ4v) is 0.806. The molecule has 1 rings (SSSR count). The number of ketones is 1. The van der Waals surface area contributed by atoms with E-state index in [1.165, 1.54) is 0 Å². The summed E-state index contributed by atoms with van der Waals surface area (Å²) in [5.74, 6) is 0.170. The molecule has 1 saturated heterocycles. The molecule has 0 aromatic rings. The molecule has 0 aromatic carbocycles. The number of carbonyl (C=O) groups is 1. The number of hydrogen-bond donors (Lipinski definition) is 0. The minimum Gasteiger partial charge on any atom is -0.356 e. The van der Waals surface area contributed by atoms with Crippen molar-refractivity contribution in [3.05, 3.63) is 0 Å². The maximum atomic E-state index is 10.5. The lowest BCUT2D eigenvalue weighted by Crippen LogP contribution is -2.26. The van der Waals surface area contributed by atoms with Crippen LogP contribution >= 0.6 is 0 Å². The molecule has 3 heteroatoms. The highest BCUT2D eigenvalue weighted by molar-refractivity contribution is 5.80. The molecule has 0 N–H and O–H groups in total. The third kappa shape index (κ3) is 1.77. The summed E-state index contributed by atoms with van der Waals surface area (Å²) in [7, 11) is 1.58. The van der Waals surface area contributed by atoms with Crippen molar-refractivity contribution >= 4 is 5.78 Å². The summed E-state index contributed by atoms with van der Waals surface area (Å²) >= 11 is 0. The number of carbonyl (C=O) groups excluding carboxylic acids is 1. The minimum absolute atomic E-state index is 0.150. The van der Waals surface area contributed by atoms with Crippen LogP contribution in [-0.4, -0.2) is 25.8 Å². The van der Waals surface area contributed by atoms with Crippen molar-refractivity contribution in [1.29, 1.82) is 0 Å². The Balaban J connectivity index is 2.26. The molecule has 52 valence electrons. The third-order valence-electron chi connectivity index (χ3n) is 1.35. The van der Waals surface area contributed by atoms with Crippen molar-refractivity contribution in [1.82, 2.24) is 0 Å². The van der Waals surface area contributed by atoms with Crippen LogP contribution in [0.5, 0.6) is 0 Å². The van der Waals surface area contributed by atoms with Crippen molar-refractivity contribution in [2.24, 2.45) is 0 Å². The molecule has 0 radical (unpaired) electrons. The fraction of sp³-hybridized carbons (Fsp3) is 0.833. The van der Waals surface area contributed by atoms with Gasteiger partial charge in [-0.25, -0.2) is 0 Å². The van der Waals surface area contributed by atoms with Gasteiger partial charge in [0.1, 0.15) is 6.61 Å². The van der Waals surface area contributed by atoms with E-state index in [2.05, 4.69) is 0 Å². The van der Waals surface area contributed by atoms with Crippen LogP contribution in [0.4, 0.5) is 0 Å². The van der Waals surface area contributed by atoms with Crippen molar-refractivity contribution in [3.8, 4) is 0 Å². The van der Waals surface area contributed by atoms with Crippen LogP contribution in [0.1, 0.15) is 12.8 Å². The molecule has 0 aromatic heterocycles. The highest BCUT2D eigenvalue weighted by atomic mass is 16.7. The Bertz CT molecular complexity index is 101. The Morgan fingerprint density at radius 1 is 1.78 bits per heavy atom. The van der Waals surface area contributed by atoms with Crippen molar-refractivity contribution in [3.63, 3.8) is 0 Å². The molecule has 0 aliphatic carbocycles. The predicted molar refractivity (Wildman–Crippen MR) is 31.0 cm³/mol. The van der Waals surface area contributed by atoms with Gasteiger partial charge in [-0.3, -0.25) is 4.79 Å². The number of ether oxygens (including phenoxy) is 2. The first-order valence-electron chi connectivity index (χ1n) is 2.99. The molecule has 0 amide bonds. The Kier molecular flexibility index (Phi) is 2.19. The molecular weight excluding hydrogens is 120 g/mol. The maximum absolute atomic E-state index is 10.5. The summed E-state index contributed by atoms with van der Waals surface area (Å²) in [4.78, 5) is 10.5. The maximum Gasteiger partial charge on any atom is 0.158 e. The van der Waals surface area contributed by atoms with E-state index < -0.39 is 0 Å². The molecule has 1 aliphatic heterocycles. The average molecular weight is 130 g/mol. The number of methoxy groups -OCH3 is 1. The Morgan fingerprint density at radius 2 is 2.56 bits per heavy atom. The van der Waals surface area contributed by atoms with Crippen LogP contribution in [0.15, 0.2) is 0 Å². The van der Waals surface area contributed by atoms with Crippen molar-refractivity contribution in [2.75, 3.05) is 13.7 Å². The lowest BCUT2D eigenvalue weighted by molar-refractivity contribution is -0.163. The van der Waals surface area contributed by atoms with Gasteiger partial charge in [0.2, 0.25) is 0 Å². The monoisotopic (exact) mass is 130 g/mol. The van der Waals surface area contributed by atoms with E-state index >= 15 is 0 Å². The Labute approximate surface area is 53.9 Å². The summed E-state index contributed by atoms with van der Waals surface area (Å²) in [5.41, 5.74) is 0. The van der Waals surface area contributed by atoms with E-state index in [-0.39, 0.29) is 18.7 Å². The molecule has 0 bridgehead atoms. The zero-order chi connectivity index (χ0) is 6.69. The topological polar surface area (TPSA) is 35.5 Å². The van der Waals surface area contributed by atoms with Gasteiger partial charge >= 0.3 is 0 Å². The highest BCUT2D eigenvalue weighted by Crippen LogP contribution is 2.09. The summed E-state index contributed by atoms with van der Waals surface area (Å²) in [5, 5.41) is 0. The lowest BCUT2D eigenvalue weighted by atomic mass is 10.2. The van der Waals surface area contributed by atoms with E-state index in [1.807, 2.05) is 0 Å². The largest absolute Gasteiger partial charge is 0.356 e. The lowest BCUT2D eigenvalue weighted by Gasteiger charge is -2.19. The van der Waals surface area contributed by atoms with Crippen molar-refractivity contribution < 1.29 is 14.3 Å². The quantitative estimate of drug-likeness (QED) is 0.513. The first-order chi connectivity index (χ1) is 4.33. The van der Waals surface area contributed by atoms with Crippen LogP contribution in [0, 0.1) is 0 Å². The molecule has 0 spiro atoms. The zero-order valence-corrected chi connectivity index (χ0v) is 5.42. The van der Waals surface area contributed by atoms with E-state index in [0.29, 0.717) is 12.8 Å². The van der Waals surface area contributed by atoms with Crippen LogP contribution in [0.3, 0.4) is 0 Å². The second kappa shape index (κ2) is 2.94. The van der Waals surface area contributed by atoms with Gasteiger partial charge in [0, 0.05) is 20.0 Å². The van der Waals surface area contributed by atoms with Gasteiger partial charge in [-0.1, -0.05) is 0 Å². The van der Waals surface area contributed by atoms with E-state index in [4.69, 9.17) is 9.47 Å². The normalized spacial score (nSPS) is 28.6. The zero-order valence-electron chi connectivity index (χ0n) is 5.42. The van der Waals surface area contributed by atoms with Gasteiger partial charge in [-0.2, -0.15) is 0 Å². The molecular formula is C6H10O3. The summed E-state index contributed by atoms with van der Waals surface area (Å²) in [6, 6.07) is 0. The third-order valence-corrected chi connectivity index (χ3v) is 1.35. The van der Waals surface area contributed by atoms with Gasteiger partial charge in [0.15, 0.2) is 12.1 Å². The van der Waals surface area contributed by atoms with E-state index in [9.17, 15) is 4.79 Å². The highest BCUT2D eigenvalue weighted by Gasteiger charge is 2.17. The van der Waals surface area contributed by atoms with Gasteiger partial charge in [0.05, 0.1) is 0 Å². The van der Waals surface area contributed by atoms with Crippen LogP contribution < -0.4 is 0 Å². The van der Waals surface area contributed by atoms with E-state index in [1.54, 1.807) is 7.11 Å². The Morgan fingerprint density at radius 3 is 3.00 bits per heavy atom. The van der Waals surface area contributed by atoms with Crippen LogP contribution in [0.2, 0.25) is 0 Å². The molecule has 0 unspecified atom stereocenters. The van der Waals surface area contributed by atoms with Crippen LogP contribution in [0.25, 0.3) is 0 Å². The van der Waals surface area contributed by atoms with Gasteiger partial charge in [-0.05, 0) is 0 Å². The summed E-state index contributed by atoms with van der Waals surface area (Å²) in [6.45, 7) is 0.221. The number of Topliss-reactive ketones (excluding diaryl/α,β-unsaturated/α-hetero) is 1. The molecule has 1 aliphatic rings. The molecule has 1 heterocycles. The van der Waals surface area contributed by atoms with Crippen LogP contribution in [-0.2, 0) is 14.3 Å². The first kappa shape index (κ1) is 6.71. The summed E-state index contributed by atoms with van der Waals surface area (Å²) < 4.78 is 9.83. The summed E-state index contributed by atoms with van der Waals surface area (Å²) in [6.07, 6.45) is 1.15. The molecule has 1 fully saturated rings. The average Bonchev–Trinajstić information content (AvgIpc) is 1.90. The van der Waals surface area contributed by atoms with Crippen molar-refractivity contribution in [2.45, 2.75) is 19.1 Å². The van der Waals surface area contributed by atoms with Gasteiger partial charge in [0.25, 0.3) is 0 Å². The molecule has 1 atom stereocenters. The minimum atomic E-state index is -0.150.